The van der Waals surface area contributed by atoms with Gasteiger partial charge in [-0.1, -0.05) is 32.0 Å². The summed E-state index contributed by atoms with van der Waals surface area (Å²) < 4.78 is 0. The van der Waals surface area contributed by atoms with E-state index < -0.39 is 0 Å². The summed E-state index contributed by atoms with van der Waals surface area (Å²) >= 11 is 5.36. The van der Waals surface area contributed by atoms with Gasteiger partial charge < -0.3 is 15.6 Å². The lowest BCUT2D eigenvalue weighted by atomic mass is 10.0. The number of benzene rings is 1. The molecule has 0 aliphatic carbocycles. The monoisotopic (exact) mass is 273 g/mol. The fraction of sp³-hybridized carbons (Fsp3) is 0.267. The van der Waals surface area contributed by atoms with Gasteiger partial charge in [0.25, 0.3) is 0 Å². The summed E-state index contributed by atoms with van der Waals surface area (Å²) in [7, 11) is 0. The molecule has 3 nitrogen and oxygen atoms in total. The molecular weight excluding hydrogens is 254 g/mol. The highest BCUT2D eigenvalue weighted by atomic mass is 32.1. The van der Waals surface area contributed by atoms with Crippen molar-refractivity contribution in [2.75, 3.05) is 10.6 Å². The number of nitrogens with one attached hydrogen (secondary N) is 3. The van der Waals surface area contributed by atoms with Gasteiger partial charge in [-0.05, 0) is 42.3 Å². The standard InChI is InChI=1S/C15H19N3S/c1-3-11-6-5-7-12(4-2)14(11)18-15(19)17-13-8-9-16-10-13/h5-10,16H,3-4H2,1-2H3,(H2,17,18,19). The van der Waals surface area contributed by atoms with Crippen LogP contribution in [0.15, 0.2) is 36.7 Å². The van der Waals surface area contributed by atoms with Gasteiger partial charge in [0.1, 0.15) is 0 Å². The van der Waals surface area contributed by atoms with Crippen molar-refractivity contribution < 1.29 is 0 Å². The van der Waals surface area contributed by atoms with E-state index in [1.54, 1.807) is 0 Å². The van der Waals surface area contributed by atoms with Crippen LogP contribution in [0.1, 0.15) is 25.0 Å². The fourth-order valence-electron chi connectivity index (χ4n) is 2.08. The molecule has 1 aromatic heterocycles. The Balaban J connectivity index is 2.15. The van der Waals surface area contributed by atoms with E-state index in [1.807, 2.05) is 18.5 Å². The van der Waals surface area contributed by atoms with Crippen LogP contribution in [-0.2, 0) is 12.8 Å². The topological polar surface area (TPSA) is 39.8 Å². The van der Waals surface area contributed by atoms with Crippen molar-refractivity contribution in [2.24, 2.45) is 0 Å². The number of hydrogen-bond donors (Lipinski definition) is 3. The summed E-state index contributed by atoms with van der Waals surface area (Å²) in [5.74, 6) is 0. The Morgan fingerprint density at radius 3 is 2.32 bits per heavy atom. The second kappa shape index (κ2) is 6.38. The van der Waals surface area contributed by atoms with E-state index >= 15 is 0 Å². The maximum Gasteiger partial charge on any atom is 0.175 e. The van der Waals surface area contributed by atoms with Crippen molar-refractivity contribution in [1.82, 2.24) is 4.98 Å². The first-order chi connectivity index (χ1) is 9.24. The van der Waals surface area contributed by atoms with Gasteiger partial charge in [-0.2, -0.15) is 0 Å². The van der Waals surface area contributed by atoms with Crippen LogP contribution in [0.2, 0.25) is 0 Å². The van der Waals surface area contributed by atoms with Gasteiger partial charge in [-0.25, -0.2) is 0 Å². The Morgan fingerprint density at radius 1 is 1.11 bits per heavy atom. The molecule has 19 heavy (non-hydrogen) atoms. The SMILES string of the molecule is CCc1cccc(CC)c1NC(=S)Nc1cc[nH]c1. The van der Waals surface area contributed by atoms with E-state index in [0.29, 0.717) is 5.11 Å². The van der Waals surface area contributed by atoms with Gasteiger partial charge in [0.2, 0.25) is 0 Å². The van der Waals surface area contributed by atoms with Gasteiger partial charge in [-0.15, -0.1) is 0 Å². The number of aromatic nitrogens is 1. The molecule has 0 atom stereocenters. The lowest BCUT2D eigenvalue weighted by Crippen LogP contribution is -2.20. The van der Waals surface area contributed by atoms with Crippen molar-refractivity contribution in [3.8, 4) is 0 Å². The minimum Gasteiger partial charge on any atom is -0.366 e. The normalized spacial score (nSPS) is 10.2. The van der Waals surface area contributed by atoms with Crippen LogP contribution < -0.4 is 10.6 Å². The van der Waals surface area contributed by atoms with E-state index in [1.165, 1.54) is 11.1 Å². The molecule has 4 heteroatoms. The molecule has 0 unspecified atom stereocenters. The van der Waals surface area contributed by atoms with Crippen LogP contribution in [0.3, 0.4) is 0 Å². The Morgan fingerprint density at radius 2 is 1.79 bits per heavy atom. The summed E-state index contributed by atoms with van der Waals surface area (Å²) in [5, 5.41) is 7.11. The summed E-state index contributed by atoms with van der Waals surface area (Å²) in [6.45, 7) is 4.31. The highest BCUT2D eigenvalue weighted by Crippen LogP contribution is 2.22. The van der Waals surface area contributed by atoms with Crippen molar-refractivity contribution >= 4 is 28.7 Å². The summed E-state index contributed by atoms with van der Waals surface area (Å²) in [6.07, 6.45) is 5.72. The van der Waals surface area contributed by atoms with Gasteiger partial charge in [-0.3, -0.25) is 0 Å². The van der Waals surface area contributed by atoms with Crippen molar-refractivity contribution in [2.45, 2.75) is 26.7 Å². The predicted octanol–water partition coefficient (Wildman–Crippen LogP) is 3.95. The minimum absolute atomic E-state index is 0.621. The Labute approximate surface area is 119 Å². The number of H-pyrrole nitrogens is 1. The smallest absolute Gasteiger partial charge is 0.175 e. The van der Waals surface area contributed by atoms with E-state index in [0.717, 1.165) is 24.2 Å². The van der Waals surface area contributed by atoms with Crippen molar-refractivity contribution in [3.63, 3.8) is 0 Å². The molecular formula is C15H19N3S. The average molecular weight is 273 g/mol. The van der Waals surface area contributed by atoms with Crippen LogP contribution in [-0.4, -0.2) is 10.1 Å². The molecule has 2 rings (SSSR count). The number of aryl methyl sites for hydroxylation is 2. The Hall–Kier alpha value is -1.81. The van der Waals surface area contributed by atoms with Gasteiger partial charge in [0.15, 0.2) is 5.11 Å². The molecule has 2 aromatic rings. The van der Waals surface area contributed by atoms with Gasteiger partial charge >= 0.3 is 0 Å². The zero-order valence-corrected chi connectivity index (χ0v) is 12.1. The van der Waals surface area contributed by atoms with Crippen molar-refractivity contribution in [1.29, 1.82) is 0 Å². The fourth-order valence-corrected chi connectivity index (χ4v) is 2.30. The number of para-hydroxylation sites is 1. The van der Waals surface area contributed by atoms with Crippen LogP contribution in [0.25, 0.3) is 0 Å². The van der Waals surface area contributed by atoms with Crippen LogP contribution in [0, 0.1) is 0 Å². The molecule has 0 aliphatic heterocycles. The summed E-state index contributed by atoms with van der Waals surface area (Å²) in [5.41, 5.74) is 4.68. The first kappa shape index (κ1) is 13.6. The molecule has 0 radical (unpaired) electrons. The second-order valence-electron chi connectivity index (χ2n) is 4.34. The quantitative estimate of drug-likeness (QED) is 0.739. The molecule has 0 spiro atoms. The molecule has 1 aromatic carbocycles. The minimum atomic E-state index is 0.621. The van der Waals surface area contributed by atoms with Crippen LogP contribution in [0.4, 0.5) is 11.4 Å². The molecule has 0 saturated carbocycles. The lowest BCUT2D eigenvalue weighted by molar-refractivity contribution is 1.09. The molecule has 0 aliphatic rings. The molecule has 0 fully saturated rings. The number of anilines is 2. The lowest BCUT2D eigenvalue weighted by Gasteiger charge is -2.16. The number of rotatable bonds is 4. The van der Waals surface area contributed by atoms with Gasteiger partial charge in [0.05, 0.1) is 5.69 Å². The molecule has 0 saturated heterocycles. The third-order valence-corrected chi connectivity index (χ3v) is 3.30. The predicted molar refractivity (Wildman–Crippen MR) is 85.8 cm³/mol. The number of thiocarbonyl (C=S) groups is 1. The van der Waals surface area contributed by atoms with Crippen LogP contribution in [0.5, 0.6) is 0 Å². The number of aromatic amines is 1. The molecule has 0 amide bonds. The highest BCUT2D eigenvalue weighted by Gasteiger charge is 2.07. The average Bonchev–Trinajstić information content (AvgIpc) is 2.91. The van der Waals surface area contributed by atoms with Gasteiger partial charge in [0, 0.05) is 18.1 Å². The van der Waals surface area contributed by atoms with Crippen molar-refractivity contribution in [3.05, 3.63) is 47.8 Å². The molecule has 0 bridgehead atoms. The zero-order chi connectivity index (χ0) is 13.7. The summed E-state index contributed by atoms with van der Waals surface area (Å²) in [6, 6.07) is 8.33. The maximum atomic E-state index is 5.36. The third kappa shape index (κ3) is 3.35. The highest BCUT2D eigenvalue weighted by molar-refractivity contribution is 7.80. The Kier molecular flexibility index (Phi) is 4.58. The van der Waals surface area contributed by atoms with E-state index in [4.69, 9.17) is 12.2 Å². The molecule has 100 valence electrons. The number of hydrogen-bond acceptors (Lipinski definition) is 1. The molecule has 3 N–H and O–H groups in total. The van der Waals surface area contributed by atoms with E-state index in [-0.39, 0.29) is 0 Å². The summed E-state index contributed by atoms with van der Waals surface area (Å²) in [4.78, 5) is 2.99. The first-order valence-corrected chi connectivity index (χ1v) is 6.97. The first-order valence-electron chi connectivity index (χ1n) is 6.56. The van der Waals surface area contributed by atoms with Crippen LogP contribution >= 0.6 is 12.2 Å². The molecule has 1 heterocycles. The maximum absolute atomic E-state index is 5.36. The van der Waals surface area contributed by atoms with E-state index in [9.17, 15) is 0 Å². The third-order valence-electron chi connectivity index (χ3n) is 3.09. The zero-order valence-electron chi connectivity index (χ0n) is 11.3. The largest absolute Gasteiger partial charge is 0.366 e. The second-order valence-corrected chi connectivity index (χ2v) is 4.75. The van der Waals surface area contributed by atoms with E-state index in [2.05, 4.69) is 47.7 Å². The Bertz CT molecular complexity index is 524.